The zero-order valence-electron chi connectivity index (χ0n) is 23.9. The maximum Gasteiger partial charge on any atom is 0.573 e. The van der Waals surface area contributed by atoms with Crippen LogP contribution in [0.2, 0.25) is 0 Å². The van der Waals surface area contributed by atoms with E-state index in [4.69, 9.17) is 0 Å². The molecule has 44 heavy (non-hydrogen) atoms. The van der Waals surface area contributed by atoms with Gasteiger partial charge >= 0.3 is 6.36 Å². The lowest BCUT2D eigenvalue weighted by Gasteiger charge is -2.11. The number of hydrogen-bond acceptors (Lipinski definition) is 6. The number of anilines is 1. The fourth-order valence-electron chi connectivity index (χ4n) is 5.05. The van der Waals surface area contributed by atoms with Crippen molar-refractivity contribution in [2.24, 2.45) is 5.92 Å². The molecule has 3 aromatic carbocycles. The third-order valence-electron chi connectivity index (χ3n) is 7.37. The Kier molecular flexibility index (Phi) is 9.07. The summed E-state index contributed by atoms with van der Waals surface area (Å²) in [5, 5.41) is 10.0. The smallest absolute Gasteiger partial charge is 0.406 e. The van der Waals surface area contributed by atoms with Crippen LogP contribution in [-0.2, 0) is 17.8 Å². The first-order valence-electron chi connectivity index (χ1n) is 14.1. The van der Waals surface area contributed by atoms with Crippen molar-refractivity contribution in [2.75, 3.05) is 5.32 Å². The van der Waals surface area contributed by atoms with E-state index in [1.54, 1.807) is 55.5 Å². The molecule has 5 rings (SSSR count). The normalized spacial score (nSPS) is 13.5. The fourth-order valence-corrected chi connectivity index (χ4v) is 5.05. The van der Waals surface area contributed by atoms with E-state index in [2.05, 4.69) is 25.5 Å². The van der Waals surface area contributed by atoms with Gasteiger partial charge in [-0.25, -0.2) is 0 Å². The Balaban J connectivity index is 1.32. The van der Waals surface area contributed by atoms with Crippen molar-refractivity contribution in [3.63, 3.8) is 0 Å². The largest absolute Gasteiger partial charge is 0.573 e. The SMILES string of the molecule is Cc1ccccc1C(=O)Nc1nc(CC(=O)c2ccc(CNC(=O)C3CCCC3)cc2)nn1-c1ccc(OC(F)(F)F)cc1. The summed E-state index contributed by atoms with van der Waals surface area (Å²) in [6.45, 7) is 2.14. The molecule has 4 aromatic rings. The number of aryl methyl sites for hydroxylation is 1. The van der Waals surface area contributed by atoms with Crippen LogP contribution in [0.1, 0.15) is 63.4 Å². The van der Waals surface area contributed by atoms with Gasteiger partial charge in [0.1, 0.15) is 5.75 Å². The predicted octanol–water partition coefficient (Wildman–Crippen LogP) is 5.96. The lowest BCUT2D eigenvalue weighted by molar-refractivity contribution is -0.274. The van der Waals surface area contributed by atoms with Crippen LogP contribution >= 0.6 is 0 Å². The van der Waals surface area contributed by atoms with Gasteiger partial charge in [-0.1, -0.05) is 55.3 Å². The first-order valence-corrected chi connectivity index (χ1v) is 14.1. The van der Waals surface area contributed by atoms with Gasteiger partial charge in [-0.05, 0) is 61.2 Å². The monoisotopic (exact) mass is 605 g/mol. The van der Waals surface area contributed by atoms with Gasteiger partial charge in [-0.15, -0.1) is 18.3 Å². The van der Waals surface area contributed by atoms with E-state index in [1.165, 1.54) is 16.8 Å². The van der Waals surface area contributed by atoms with Crippen LogP contribution in [-0.4, -0.2) is 38.7 Å². The Morgan fingerprint density at radius 2 is 1.64 bits per heavy atom. The van der Waals surface area contributed by atoms with Crippen molar-refractivity contribution < 1.29 is 32.3 Å². The molecule has 1 aromatic heterocycles. The first kappa shape index (κ1) is 30.5. The number of alkyl halides is 3. The number of nitrogens with zero attached hydrogens (tertiary/aromatic N) is 3. The Bertz CT molecular complexity index is 1640. The number of ether oxygens (including phenoxy) is 1. The quantitative estimate of drug-likeness (QED) is 0.216. The van der Waals surface area contributed by atoms with Crippen LogP contribution in [0.4, 0.5) is 19.1 Å². The van der Waals surface area contributed by atoms with Crippen molar-refractivity contribution >= 4 is 23.5 Å². The molecule has 1 fully saturated rings. The average molecular weight is 606 g/mol. The van der Waals surface area contributed by atoms with E-state index in [0.29, 0.717) is 17.7 Å². The van der Waals surface area contributed by atoms with E-state index in [1.807, 2.05) is 0 Å². The van der Waals surface area contributed by atoms with E-state index in [0.717, 1.165) is 48.9 Å². The molecular weight excluding hydrogens is 575 g/mol. The number of Topliss-reactive ketones (excluding diaryl/α,β-unsaturated/α-hetero) is 1. The fraction of sp³-hybridized carbons (Fsp3) is 0.281. The lowest BCUT2D eigenvalue weighted by atomic mass is 10.0. The average Bonchev–Trinajstić information content (AvgIpc) is 3.67. The maximum atomic E-state index is 13.1. The summed E-state index contributed by atoms with van der Waals surface area (Å²) in [6.07, 6.45) is -1.07. The molecule has 0 radical (unpaired) electrons. The van der Waals surface area contributed by atoms with Crippen LogP contribution < -0.4 is 15.4 Å². The van der Waals surface area contributed by atoms with Crippen LogP contribution in [0.15, 0.2) is 72.8 Å². The number of hydrogen-bond donors (Lipinski definition) is 2. The molecule has 2 N–H and O–H groups in total. The second kappa shape index (κ2) is 13.1. The number of carbonyl (C=O) groups is 3. The van der Waals surface area contributed by atoms with Gasteiger partial charge in [0.15, 0.2) is 11.6 Å². The minimum absolute atomic E-state index is 0.0149. The van der Waals surface area contributed by atoms with Gasteiger partial charge in [0, 0.05) is 23.6 Å². The maximum absolute atomic E-state index is 13.1. The van der Waals surface area contributed by atoms with Gasteiger partial charge in [0.2, 0.25) is 11.9 Å². The Morgan fingerprint density at radius 3 is 2.30 bits per heavy atom. The minimum atomic E-state index is -4.85. The molecule has 12 heteroatoms. The predicted molar refractivity (Wildman–Crippen MR) is 155 cm³/mol. The molecule has 1 saturated carbocycles. The van der Waals surface area contributed by atoms with Gasteiger partial charge in [0.25, 0.3) is 5.91 Å². The number of nitrogens with one attached hydrogen (secondary N) is 2. The van der Waals surface area contributed by atoms with E-state index in [-0.39, 0.29) is 41.5 Å². The number of ketones is 1. The number of halogens is 3. The van der Waals surface area contributed by atoms with Gasteiger partial charge < -0.3 is 10.1 Å². The highest BCUT2D eigenvalue weighted by Crippen LogP contribution is 2.26. The molecule has 0 saturated heterocycles. The topological polar surface area (TPSA) is 115 Å². The van der Waals surface area contributed by atoms with E-state index < -0.39 is 18.0 Å². The molecule has 2 amide bonds. The number of rotatable bonds is 10. The van der Waals surface area contributed by atoms with Crippen LogP contribution in [0.25, 0.3) is 5.69 Å². The van der Waals surface area contributed by atoms with Crippen molar-refractivity contribution in [1.29, 1.82) is 0 Å². The first-order chi connectivity index (χ1) is 21.1. The third-order valence-corrected chi connectivity index (χ3v) is 7.37. The number of aromatic nitrogens is 3. The second-order valence-electron chi connectivity index (χ2n) is 10.6. The van der Waals surface area contributed by atoms with Gasteiger partial charge in [-0.2, -0.15) is 9.67 Å². The molecule has 1 aliphatic carbocycles. The summed E-state index contributed by atoms with van der Waals surface area (Å²) in [7, 11) is 0. The highest BCUT2D eigenvalue weighted by Gasteiger charge is 2.31. The zero-order valence-corrected chi connectivity index (χ0v) is 23.9. The third kappa shape index (κ3) is 7.68. The summed E-state index contributed by atoms with van der Waals surface area (Å²) in [6, 6.07) is 18.7. The van der Waals surface area contributed by atoms with Crippen LogP contribution in [0.3, 0.4) is 0 Å². The van der Waals surface area contributed by atoms with Crippen molar-refractivity contribution in [3.8, 4) is 11.4 Å². The van der Waals surface area contributed by atoms with Crippen molar-refractivity contribution in [1.82, 2.24) is 20.1 Å². The molecule has 1 heterocycles. The molecule has 9 nitrogen and oxygen atoms in total. The molecule has 0 aliphatic heterocycles. The van der Waals surface area contributed by atoms with Gasteiger partial charge in [0.05, 0.1) is 12.1 Å². The molecule has 0 spiro atoms. The second-order valence-corrected chi connectivity index (χ2v) is 10.6. The van der Waals surface area contributed by atoms with Crippen molar-refractivity contribution in [2.45, 2.75) is 51.9 Å². The summed E-state index contributed by atoms with van der Waals surface area (Å²) >= 11 is 0. The Labute approximate surface area is 251 Å². The molecule has 1 aliphatic rings. The summed E-state index contributed by atoms with van der Waals surface area (Å²) in [4.78, 5) is 42.9. The molecule has 0 unspecified atom stereocenters. The highest BCUT2D eigenvalue weighted by atomic mass is 19.4. The summed E-state index contributed by atoms with van der Waals surface area (Å²) < 4.78 is 43.1. The van der Waals surface area contributed by atoms with Crippen LogP contribution in [0.5, 0.6) is 5.75 Å². The zero-order chi connectivity index (χ0) is 31.3. The van der Waals surface area contributed by atoms with E-state index in [9.17, 15) is 27.6 Å². The highest BCUT2D eigenvalue weighted by molar-refractivity contribution is 6.04. The Morgan fingerprint density at radius 1 is 0.955 bits per heavy atom. The number of amides is 2. The standard InChI is InChI=1S/C32H30F3N5O4/c1-20-6-2-5-9-26(20)30(43)38-31-37-28(39-40(31)24-14-16-25(17-15-24)44-32(33,34)35)18-27(41)22-12-10-21(11-13-22)19-36-29(42)23-7-3-4-8-23/h2,5-6,9-17,23H,3-4,7-8,18-19H2,1H3,(H,36,42)(H,37,38,39,43). The number of benzene rings is 3. The molecule has 0 atom stereocenters. The summed E-state index contributed by atoms with van der Waals surface area (Å²) in [5.41, 5.74) is 2.67. The molecular formula is C32H30F3N5O4. The lowest BCUT2D eigenvalue weighted by Crippen LogP contribution is -2.28. The van der Waals surface area contributed by atoms with Crippen LogP contribution in [0, 0.1) is 12.8 Å². The van der Waals surface area contributed by atoms with E-state index >= 15 is 0 Å². The van der Waals surface area contributed by atoms with Crippen molar-refractivity contribution in [3.05, 3.63) is 101 Å². The van der Waals surface area contributed by atoms with Gasteiger partial charge in [-0.3, -0.25) is 19.7 Å². The Hall–Kier alpha value is -5.00. The summed E-state index contributed by atoms with van der Waals surface area (Å²) in [5.74, 6) is -0.976. The number of carbonyl (C=O) groups excluding carboxylic acids is 3. The molecule has 0 bridgehead atoms. The minimum Gasteiger partial charge on any atom is -0.406 e. The molecule has 228 valence electrons.